The Labute approximate surface area is 138 Å². The summed E-state index contributed by atoms with van der Waals surface area (Å²) in [6.45, 7) is 1.40. The molecular formula is C15H18Cl2N2O3. The summed E-state index contributed by atoms with van der Waals surface area (Å²) in [5, 5.41) is 23.0. The van der Waals surface area contributed by atoms with Crippen LogP contribution < -0.4 is 5.32 Å². The van der Waals surface area contributed by atoms with Crippen molar-refractivity contribution in [3.8, 4) is 0 Å². The average Bonchev–Trinajstić information content (AvgIpc) is 2.75. The van der Waals surface area contributed by atoms with Gasteiger partial charge < -0.3 is 15.5 Å². The van der Waals surface area contributed by atoms with E-state index in [0.29, 0.717) is 23.0 Å². The zero-order valence-corrected chi connectivity index (χ0v) is 13.4. The van der Waals surface area contributed by atoms with Gasteiger partial charge in [-0.2, -0.15) is 0 Å². The fourth-order valence-electron chi connectivity index (χ4n) is 3.62. The second-order valence-corrected chi connectivity index (χ2v) is 6.80. The van der Waals surface area contributed by atoms with Crippen LogP contribution in [0.25, 0.3) is 0 Å². The molecule has 3 N–H and O–H groups in total. The van der Waals surface area contributed by atoms with Crippen LogP contribution in [0.1, 0.15) is 30.0 Å². The van der Waals surface area contributed by atoms with Crippen LogP contribution in [0.15, 0.2) is 12.1 Å². The van der Waals surface area contributed by atoms with Crippen LogP contribution in [0.2, 0.25) is 10.0 Å². The third-order valence-electron chi connectivity index (χ3n) is 4.46. The van der Waals surface area contributed by atoms with E-state index < -0.39 is 12.2 Å². The van der Waals surface area contributed by atoms with Gasteiger partial charge in [-0.1, -0.05) is 23.2 Å². The van der Waals surface area contributed by atoms with Crippen molar-refractivity contribution >= 4 is 29.3 Å². The lowest BCUT2D eigenvalue weighted by Crippen LogP contribution is -2.49. The van der Waals surface area contributed by atoms with Gasteiger partial charge in [0.1, 0.15) is 0 Å². The molecular weight excluding hydrogens is 327 g/mol. The number of carboxylic acid groups (broad SMARTS) is 1. The number of nitrogens with one attached hydrogen (secondary N) is 1. The van der Waals surface area contributed by atoms with Gasteiger partial charge in [0.2, 0.25) is 0 Å². The number of likely N-dealkylation sites (tertiary alicyclic amines) is 1. The van der Waals surface area contributed by atoms with E-state index in [1.165, 1.54) is 0 Å². The molecule has 1 aliphatic heterocycles. The van der Waals surface area contributed by atoms with E-state index in [4.69, 9.17) is 28.3 Å². The van der Waals surface area contributed by atoms with Gasteiger partial charge in [-0.3, -0.25) is 4.90 Å². The minimum atomic E-state index is -1.01. The van der Waals surface area contributed by atoms with Crippen LogP contribution >= 0.6 is 23.2 Å². The van der Waals surface area contributed by atoms with Crippen molar-refractivity contribution in [2.24, 2.45) is 0 Å². The van der Waals surface area contributed by atoms with Crippen LogP contribution in [0.5, 0.6) is 0 Å². The van der Waals surface area contributed by atoms with Crippen LogP contribution in [0.3, 0.4) is 0 Å². The van der Waals surface area contributed by atoms with E-state index in [0.717, 1.165) is 30.5 Å². The molecule has 3 rings (SSSR count). The highest BCUT2D eigenvalue weighted by Gasteiger charge is 2.38. The number of piperidine rings is 1. The molecule has 1 heterocycles. The molecule has 7 heteroatoms. The Kier molecular flexibility index (Phi) is 4.50. The lowest BCUT2D eigenvalue weighted by Gasteiger charge is -2.38. The smallest absolute Gasteiger partial charge is 0.404 e. The molecule has 5 nitrogen and oxygen atoms in total. The Hall–Kier alpha value is -1.01. The number of aliphatic hydroxyl groups is 1. The normalized spacial score (nSPS) is 28.4. The third kappa shape index (κ3) is 3.04. The molecule has 0 saturated carbocycles. The van der Waals surface area contributed by atoms with Crippen molar-refractivity contribution in [2.75, 3.05) is 13.1 Å². The highest BCUT2D eigenvalue weighted by molar-refractivity contribution is 6.35. The number of benzene rings is 1. The maximum Gasteiger partial charge on any atom is 0.404 e. The molecule has 1 aliphatic carbocycles. The minimum absolute atomic E-state index is 0.114. The van der Waals surface area contributed by atoms with E-state index >= 15 is 0 Å². The number of hydrogen-bond acceptors (Lipinski definition) is 3. The summed E-state index contributed by atoms with van der Waals surface area (Å²) in [6.07, 6.45) is 0.649. The number of carbonyl (C=O) groups is 1. The van der Waals surface area contributed by atoms with Crippen molar-refractivity contribution < 1.29 is 15.0 Å². The Balaban J connectivity index is 1.85. The zero-order chi connectivity index (χ0) is 15.9. The van der Waals surface area contributed by atoms with E-state index in [1.54, 1.807) is 6.07 Å². The number of amides is 1. The van der Waals surface area contributed by atoms with Crippen LogP contribution in [-0.2, 0) is 6.42 Å². The van der Waals surface area contributed by atoms with Crippen molar-refractivity contribution in [3.63, 3.8) is 0 Å². The predicted molar refractivity (Wildman–Crippen MR) is 84.7 cm³/mol. The molecule has 1 aromatic rings. The number of fused-ring (bicyclic) bond motifs is 1. The van der Waals surface area contributed by atoms with Crippen molar-refractivity contribution in [1.29, 1.82) is 0 Å². The molecule has 0 bridgehead atoms. The first-order valence-corrected chi connectivity index (χ1v) is 8.10. The maximum absolute atomic E-state index is 10.8. The predicted octanol–water partition coefficient (Wildman–Crippen LogP) is 2.68. The fraction of sp³-hybridized carbons (Fsp3) is 0.533. The van der Waals surface area contributed by atoms with Crippen LogP contribution in [-0.4, -0.2) is 46.4 Å². The second kappa shape index (κ2) is 6.24. The monoisotopic (exact) mass is 344 g/mol. The Morgan fingerprint density at radius 3 is 2.86 bits per heavy atom. The van der Waals surface area contributed by atoms with Gasteiger partial charge in [0.25, 0.3) is 0 Å². The standard InChI is InChI=1S/C15H18Cl2N2O3/c16-8-4-11-10(12(17)5-8)6-13(20)14(11)19-3-1-2-9(7-19)18-15(21)22/h4-5,9,13-14,18,20H,1-3,6-7H2,(H,21,22)/t9-,13-,14-/m1/s1. The van der Waals surface area contributed by atoms with Gasteiger partial charge in [-0.25, -0.2) is 4.79 Å². The van der Waals surface area contributed by atoms with Crippen LogP contribution in [0.4, 0.5) is 4.79 Å². The number of nitrogens with zero attached hydrogens (tertiary/aromatic N) is 1. The first-order valence-electron chi connectivity index (χ1n) is 7.35. The Morgan fingerprint density at radius 1 is 1.36 bits per heavy atom. The summed E-state index contributed by atoms with van der Waals surface area (Å²) in [5.41, 5.74) is 1.90. The summed E-state index contributed by atoms with van der Waals surface area (Å²) in [7, 11) is 0. The van der Waals surface area contributed by atoms with Crippen LogP contribution in [0, 0.1) is 0 Å². The minimum Gasteiger partial charge on any atom is -0.465 e. The van der Waals surface area contributed by atoms with E-state index in [9.17, 15) is 9.90 Å². The molecule has 1 aromatic carbocycles. The van der Waals surface area contributed by atoms with E-state index in [1.807, 2.05) is 6.07 Å². The zero-order valence-electron chi connectivity index (χ0n) is 11.9. The summed E-state index contributed by atoms with van der Waals surface area (Å²) in [4.78, 5) is 13.0. The highest BCUT2D eigenvalue weighted by Crippen LogP contribution is 2.42. The summed E-state index contributed by atoms with van der Waals surface area (Å²) < 4.78 is 0. The summed E-state index contributed by atoms with van der Waals surface area (Å²) in [6, 6.07) is 3.27. The largest absolute Gasteiger partial charge is 0.465 e. The molecule has 0 aromatic heterocycles. The molecule has 3 atom stereocenters. The molecule has 120 valence electrons. The quantitative estimate of drug-likeness (QED) is 0.771. The SMILES string of the molecule is O=C(O)N[C@@H]1CCCN([C@@H]2c3cc(Cl)cc(Cl)c3C[C@H]2O)C1. The molecule has 1 saturated heterocycles. The number of halogens is 2. The maximum atomic E-state index is 10.8. The first-order chi connectivity index (χ1) is 10.5. The first kappa shape index (κ1) is 15.9. The second-order valence-electron chi connectivity index (χ2n) is 5.96. The molecule has 0 spiro atoms. The summed E-state index contributed by atoms with van der Waals surface area (Å²) in [5.74, 6) is 0. The number of aliphatic hydroxyl groups excluding tert-OH is 1. The average molecular weight is 345 g/mol. The lowest BCUT2D eigenvalue weighted by atomic mass is 9.99. The van der Waals surface area contributed by atoms with Gasteiger partial charge >= 0.3 is 6.09 Å². The molecule has 1 amide bonds. The fourth-order valence-corrected chi connectivity index (χ4v) is 4.21. The van der Waals surface area contributed by atoms with Gasteiger partial charge in [-0.05, 0) is 42.6 Å². The topological polar surface area (TPSA) is 72.8 Å². The van der Waals surface area contributed by atoms with Gasteiger partial charge in [0.05, 0.1) is 12.1 Å². The summed E-state index contributed by atoms with van der Waals surface area (Å²) >= 11 is 12.3. The van der Waals surface area contributed by atoms with Crippen molar-refractivity contribution in [2.45, 2.75) is 37.5 Å². The molecule has 1 fully saturated rings. The number of rotatable bonds is 2. The Bertz CT molecular complexity index is 596. The van der Waals surface area contributed by atoms with Gasteiger partial charge in [0.15, 0.2) is 0 Å². The van der Waals surface area contributed by atoms with E-state index in [2.05, 4.69) is 10.2 Å². The van der Waals surface area contributed by atoms with Gasteiger partial charge in [-0.15, -0.1) is 0 Å². The molecule has 22 heavy (non-hydrogen) atoms. The number of hydrogen-bond donors (Lipinski definition) is 3. The third-order valence-corrected chi connectivity index (χ3v) is 5.02. The van der Waals surface area contributed by atoms with E-state index in [-0.39, 0.29) is 12.1 Å². The molecule has 0 radical (unpaired) electrons. The van der Waals surface area contributed by atoms with Gasteiger partial charge in [0, 0.05) is 29.1 Å². The molecule has 2 aliphatic rings. The highest BCUT2D eigenvalue weighted by atomic mass is 35.5. The molecule has 0 unspecified atom stereocenters. The van der Waals surface area contributed by atoms with Crippen molar-refractivity contribution in [1.82, 2.24) is 10.2 Å². The van der Waals surface area contributed by atoms with Crippen molar-refractivity contribution in [3.05, 3.63) is 33.3 Å². The lowest BCUT2D eigenvalue weighted by molar-refractivity contribution is 0.0411. The Morgan fingerprint density at radius 2 is 2.14 bits per heavy atom.